The summed E-state index contributed by atoms with van der Waals surface area (Å²) in [6, 6.07) is 0. The van der Waals surface area contributed by atoms with Crippen LogP contribution in [0.1, 0.15) is 284 Å². The topological polar surface area (TPSA) is 78.9 Å². The number of esters is 3. The highest BCUT2D eigenvalue weighted by atomic mass is 16.6. The summed E-state index contributed by atoms with van der Waals surface area (Å²) >= 11 is 0. The van der Waals surface area contributed by atoms with E-state index in [1.54, 1.807) is 0 Å². The minimum atomic E-state index is -0.788. The van der Waals surface area contributed by atoms with E-state index in [0.29, 0.717) is 19.3 Å². The maximum atomic E-state index is 12.8. The van der Waals surface area contributed by atoms with Crippen molar-refractivity contribution in [1.29, 1.82) is 0 Å². The predicted octanol–water partition coefficient (Wildman–Crippen LogP) is 18.8. The molecule has 1 unspecified atom stereocenters. The Morgan fingerprint density at radius 3 is 0.894 bits per heavy atom. The molecule has 0 spiro atoms. The molecule has 0 aromatic rings. The highest BCUT2D eigenvalue weighted by molar-refractivity contribution is 5.71. The lowest BCUT2D eigenvalue weighted by Crippen LogP contribution is -2.30. The van der Waals surface area contributed by atoms with Gasteiger partial charge < -0.3 is 14.2 Å². The van der Waals surface area contributed by atoms with Crippen LogP contribution < -0.4 is 0 Å². The average Bonchev–Trinajstić information content (AvgIpc) is 3.31. The first kappa shape index (κ1) is 63.1. The van der Waals surface area contributed by atoms with Crippen LogP contribution in [-0.2, 0) is 28.6 Å². The van der Waals surface area contributed by atoms with Gasteiger partial charge in [0.05, 0.1) is 0 Å². The summed E-state index contributed by atoms with van der Waals surface area (Å²) < 4.78 is 16.8. The van der Waals surface area contributed by atoms with Crippen molar-refractivity contribution < 1.29 is 28.6 Å². The lowest BCUT2D eigenvalue weighted by molar-refractivity contribution is -0.167. The van der Waals surface area contributed by atoms with Gasteiger partial charge in [0.15, 0.2) is 6.10 Å². The number of hydrogen-bond donors (Lipinski definition) is 0. The van der Waals surface area contributed by atoms with Crippen LogP contribution in [0.2, 0.25) is 0 Å². The minimum Gasteiger partial charge on any atom is -0.462 e. The first-order valence-corrected chi connectivity index (χ1v) is 28.3. The summed E-state index contributed by atoms with van der Waals surface area (Å²) in [6.07, 6.45) is 67.7. The van der Waals surface area contributed by atoms with E-state index in [9.17, 15) is 14.4 Å². The fourth-order valence-corrected chi connectivity index (χ4v) is 7.95. The minimum absolute atomic E-state index is 0.0857. The number of carbonyl (C=O) groups excluding carboxylic acids is 3. The molecule has 0 aromatic carbocycles. The molecule has 0 bridgehead atoms. The zero-order valence-electron chi connectivity index (χ0n) is 43.7. The normalized spacial score (nSPS) is 12.5. The summed E-state index contributed by atoms with van der Waals surface area (Å²) in [5.74, 6) is -0.908. The molecule has 0 aliphatic heterocycles. The van der Waals surface area contributed by atoms with E-state index in [0.717, 1.165) is 89.9 Å². The maximum absolute atomic E-state index is 12.8. The first-order valence-electron chi connectivity index (χ1n) is 28.3. The lowest BCUT2D eigenvalue weighted by atomic mass is 10.1. The maximum Gasteiger partial charge on any atom is 0.306 e. The molecular formula is C60H106O6. The van der Waals surface area contributed by atoms with Crippen molar-refractivity contribution in [1.82, 2.24) is 0 Å². The second-order valence-corrected chi connectivity index (χ2v) is 18.9. The summed E-state index contributed by atoms with van der Waals surface area (Å²) in [7, 11) is 0. The van der Waals surface area contributed by atoms with Crippen LogP contribution in [0.4, 0.5) is 0 Å². The molecule has 0 saturated heterocycles. The highest BCUT2D eigenvalue weighted by Gasteiger charge is 2.19. The molecule has 382 valence electrons. The Bertz CT molecular complexity index is 1200. The molecule has 0 aromatic heterocycles. The zero-order chi connectivity index (χ0) is 47.9. The van der Waals surface area contributed by atoms with Crippen molar-refractivity contribution in [3.8, 4) is 0 Å². The molecule has 0 saturated carbocycles. The Morgan fingerprint density at radius 2 is 0.545 bits per heavy atom. The fourth-order valence-electron chi connectivity index (χ4n) is 7.95. The fraction of sp³-hybridized carbons (Fsp3) is 0.783. The number of carbonyl (C=O) groups is 3. The standard InChI is InChI=1S/C60H106O6/c1-4-7-10-13-16-19-22-25-28-29-30-33-35-38-41-44-47-50-53-59(62)65-56-57(66-60(63)54-51-48-45-42-39-36-32-27-24-21-18-15-12-9-6-3)55-64-58(61)52-49-46-43-40-37-34-31-26-23-20-17-14-11-8-5-2/h18,20-21,23-24,27-30,33,57H,4-17,19,22,25-26,31-32,34-56H2,1-3H3/b21-18-,23-20-,27-24-,29-28-,33-30-. The summed E-state index contributed by atoms with van der Waals surface area (Å²) in [6.45, 7) is 6.58. The van der Waals surface area contributed by atoms with E-state index >= 15 is 0 Å². The van der Waals surface area contributed by atoms with E-state index in [1.165, 1.54) is 154 Å². The van der Waals surface area contributed by atoms with Gasteiger partial charge in [-0.25, -0.2) is 0 Å². The molecule has 0 amide bonds. The van der Waals surface area contributed by atoms with Gasteiger partial charge in [-0.05, 0) is 96.3 Å². The number of allylic oxidation sites excluding steroid dienone is 10. The third-order valence-electron chi connectivity index (χ3n) is 12.3. The molecule has 0 N–H and O–H groups in total. The second kappa shape index (κ2) is 54.7. The van der Waals surface area contributed by atoms with E-state index in [1.807, 2.05) is 0 Å². The van der Waals surface area contributed by atoms with Gasteiger partial charge in [0.2, 0.25) is 0 Å². The Balaban J connectivity index is 4.42. The molecule has 6 heteroatoms. The summed E-state index contributed by atoms with van der Waals surface area (Å²) in [5.41, 5.74) is 0. The predicted molar refractivity (Wildman–Crippen MR) is 284 cm³/mol. The van der Waals surface area contributed by atoms with Gasteiger partial charge in [-0.2, -0.15) is 0 Å². The molecule has 1 atom stereocenters. The number of hydrogen-bond acceptors (Lipinski definition) is 6. The molecule has 0 aliphatic carbocycles. The van der Waals surface area contributed by atoms with Crippen LogP contribution in [0.15, 0.2) is 60.8 Å². The smallest absolute Gasteiger partial charge is 0.306 e. The second-order valence-electron chi connectivity index (χ2n) is 18.9. The zero-order valence-corrected chi connectivity index (χ0v) is 43.7. The van der Waals surface area contributed by atoms with Crippen LogP contribution in [-0.4, -0.2) is 37.2 Å². The van der Waals surface area contributed by atoms with Crippen LogP contribution in [0, 0.1) is 0 Å². The van der Waals surface area contributed by atoms with Crippen LogP contribution in [0.3, 0.4) is 0 Å². The molecule has 0 heterocycles. The molecular weight excluding hydrogens is 817 g/mol. The van der Waals surface area contributed by atoms with Gasteiger partial charge in [0.25, 0.3) is 0 Å². The lowest BCUT2D eigenvalue weighted by Gasteiger charge is -2.18. The van der Waals surface area contributed by atoms with Crippen LogP contribution >= 0.6 is 0 Å². The Morgan fingerprint density at radius 1 is 0.303 bits per heavy atom. The quantitative estimate of drug-likeness (QED) is 0.0199. The Labute approximate surface area is 409 Å². The summed E-state index contributed by atoms with van der Waals surface area (Å²) in [4.78, 5) is 38.1. The number of unbranched alkanes of at least 4 members (excludes halogenated alkanes) is 32. The van der Waals surface area contributed by atoms with Crippen molar-refractivity contribution >= 4 is 17.9 Å². The van der Waals surface area contributed by atoms with Crippen LogP contribution in [0.5, 0.6) is 0 Å². The van der Waals surface area contributed by atoms with Gasteiger partial charge in [-0.3, -0.25) is 14.4 Å². The SMILES string of the molecule is CCCCC/C=C\C=C/CCCCCCCCC(=O)OC(COC(=O)CCCCCCC/C=C\C=C/CCCCCCCCC)COC(=O)CCCCCCCCC/C=C\CCCCCC. The van der Waals surface area contributed by atoms with Gasteiger partial charge in [-0.15, -0.1) is 0 Å². The first-order chi connectivity index (χ1) is 32.5. The average molecular weight is 924 g/mol. The number of ether oxygens (including phenoxy) is 3. The van der Waals surface area contributed by atoms with E-state index in [4.69, 9.17) is 14.2 Å². The highest BCUT2D eigenvalue weighted by Crippen LogP contribution is 2.15. The summed E-state index contributed by atoms with van der Waals surface area (Å²) in [5, 5.41) is 0. The molecule has 0 rings (SSSR count). The van der Waals surface area contributed by atoms with Gasteiger partial charge in [-0.1, -0.05) is 229 Å². The van der Waals surface area contributed by atoms with E-state index < -0.39 is 6.10 Å². The number of rotatable bonds is 51. The van der Waals surface area contributed by atoms with Crippen LogP contribution in [0.25, 0.3) is 0 Å². The molecule has 0 fully saturated rings. The largest absolute Gasteiger partial charge is 0.462 e. The van der Waals surface area contributed by atoms with Crippen molar-refractivity contribution in [2.45, 2.75) is 290 Å². The van der Waals surface area contributed by atoms with E-state index in [2.05, 4.69) is 81.5 Å². The third kappa shape index (κ3) is 52.1. The molecule has 6 nitrogen and oxygen atoms in total. The van der Waals surface area contributed by atoms with E-state index in [-0.39, 0.29) is 31.1 Å². The van der Waals surface area contributed by atoms with Gasteiger partial charge in [0, 0.05) is 19.3 Å². The van der Waals surface area contributed by atoms with Gasteiger partial charge in [0.1, 0.15) is 13.2 Å². The van der Waals surface area contributed by atoms with Crippen molar-refractivity contribution in [3.05, 3.63) is 60.8 Å². The Kier molecular flexibility index (Phi) is 52.3. The third-order valence-corrected chi connectivity index (χ3v) is 12.3. The molecule has 0 aliphatic rings. The Hall–Kier alpha value is -2.89. The van der Waals surface area contributed by atoms with Crippen molar-refractivity contribution in [2.24, 2.45) is 0 Å². The monoisotopic (exact) mass is 923 g/mol. The molecule has 0 radical (unpaired) electrons. The van der Waals surface area contributed by atoms with Crippen molar-refractivity contribution in [2.75, 3.05) is 13.2 Å². The van der Waals surface area contributed by atoms with Gasteiger partial charge >= 0.3 is 17.9 Å². The van der Waals surface area contributed by atoms with Crippen molar-refractivity contribution in [3.63, 3.8) is 0 Å². The molecule has 66 heavy (non-hydrogen) atoms.